The van der Waals surface area contributed by atoms with E-state index in [9.17, 15) is 14.4 Å². The fraction of sp³-hybridized carbons (Fsp3) is 0.400. The molecule has 2 fully saturated rings. The SMILES string of the molecule is O=CC12c3ccccc3C(c3ccccc31)[C@H]1C(=O)N(C3CCCCC3)C(=O)[C@H]12. The van der Waals surface area contributed by atoms with Crippen molar-refractivity contribution >= 4 is 18.1 Å². The van der Waals surface area contributed by atoms with Gasteiger partial charge in [0.05, 0.1) is 17.3 Å². The summed E-state index contributed by atoms with van der Waals surface area (Å²) in [4.78, 5) is 41.9. The number of likely N-dealkylation sites (tertiary alicyclic amines) is 1. The maximum Gasteiger partial charge on any atom is 0.235 e. The molecule has 2 atom stereocenters. The molecule has 146 valence electrons. The van der Waals surface area contributed by atoms with E-state index in [4.69, 9.17) is 0 Å². The highest BCUT2D eigenvalue weighted by Gasteiger charge is 2.68. The van der Waals surface area contributed by atoms with Crippen LogP contribution >= 0.6 is 0 Å². The Morgan fingerprint density at radius 3 is 2.00 bits per heavy atom. The summed E-state index contributed by atoms with van der Waals surface area (Å²) in [6, 6.07) is 15.8. The van der Waals surface area contributed by atoms with Crippen LogP contribution in [0.25, 0.3) is 0 Å². The Labute approximate surface area is 169 Å². The number of imide groups is 1. The van der Waals surface area contributed by atoms with Crippen LogP contribution in [0, 0.1) is 11.8 Å². The molecule has 0 aromatic heterocycles. The number of carbonyl (C=O) groups is 3. The van der Waals surface area contributed by atoms with Crippen LogP contribution in [-0.2, 0) is 19.8 Å². The smallest absolute Gasteiger partial charge is 0.235 e. The average Bonchev–Trinajstić information content (AvgIpc) is 3.05. The number of aldehydes is 1. The highest BCUT2D eigenvalue weighted by atomic mass is 16.2. The highest BCUT2D eigenvalue weighted by molar-refractivity contribution is 6.11. The second kappa shape index (κ2) is 5.88. The lowest BCUT2D eigenvalue weighted by molar-refractivity contribution is -0.144. The molecule has 4 aliphatic carbocycles. The van der Waals surface area contributed by atoms with Crippen molar-refractivity contribution in [2.24, 2.45) is 11.8 Å². The maximum absolute atomic E-state index is 13.8. The van der Waals surface area contributed by atoms with Gasteiger partial charge in [-0.1, -0.05) is 67.8 Å². The number of benzene rings is 2. The van der Waals surface area contributed by atoms with Crippen molar-refractivity contribution in [3.8, 4) is 0 Å². The van der Waals surface area contributed by atoms with Gasteiger partial charge in [-0.15, -0.1) is 0 Å². The first kappa shape index (κ1) is 17.1. The Hall–Kier alpha value is -2.75. The molecule has 0 unspecified atom stereocenters. The third-order valence-electron chi connectivity index (χ3n) is 7.84. The summed E-state index contributed by atoms with van der Waals surface area (Å²) in [6.07, 6.45) is 6.00. The zero-order valence-corrected chi connectivity index (χ0v) is 16.2. The van der Waals surface area contributed by atoms with Gasteiger partial charge >= 0.3 is 0 Å². The fourth-order valence-corrected chi connectivity index (χ4v) is 6.75. The maximum atomic E-state index is 13.8. The van der Waals surface area contributed by atoms with Crippen LogP contribution in [0.15, 0.2) is 48.5 Å². The molecule has 4 heteroatoms. The zero-order valence-electron chi connectivity index (χ0n) is 16.2. The van der Waals surface area contributed by atoms with Gasteiger partial charge in [0.15, 0.2) is 0 Å². The van der Waals surface area contributed by atoms with E-state index in [0.717, 1.165) is 60.6 Å². The molecule has 5 aliphatic rings. The Morgan fingerprint density at radius 2 is 1.41 bits per heavy atom. The minimum atomic E-state index is -1.07. The van der Waals surface area contributed by atoms with Crippen LogP contribution in [-0.4, -0.2) is 29.0 Å². The minimum absolute atomic E-state index is 0.0105. The second-order valence-electron chi connectivity index (χ2n) is 8.98. The van der Waals surface area contributed by atoms with Gasteiger partial charge < -0.3 is 4.79 Å². The predicted octanol–water partition coefficient (Wildman–Crippen LogP) is 3.56. The Kier molecular flexibility index (Phi) is 3.48. The lowest BCUT2D eigenvalue weighted by Crippen LogP contribution is -2.54. The van der Waals surface area contributed by atoms with Crippen LogP contribution in [0.3, 0.4) is 0 Å². The first-order chi connectivity index (χ1) is 14.2. The second-order valence-corrected chi connectivity index (χ2v) is 8.98. The van der Waals surface area contributed by atoms with E-state index in [1.54, 1.807) is 4.90 Å². The molecule has 7 rings (SSSR count). The molecule has 0 radical (unpaired) electrons. The van der Waals surface area contributed by atoms with E-state index >= 15 is 0 Å². The molecule has 0 N–H and O–H groups in total. The summed E-state index contributed by atoms with van der Waals surface area (Å²) in [7, 11) is 0. The number of rotatable bonds is 2. The number of hydrogen-bond donors (Lipinski definition) is 0. The van der Waals surface area contributed by atoms with Gasteiger partial charge in [0.1, 0.15) is 6.29 Å². The quantitative estimate of drug-likeness (QED) is 0.587. The van der Waals surface area contributed by atoms with Gasteiger partial charge in [0.25, 0.3) is 0 Å². The molecule has 0 spiro atoms. The molecule has 2 aromatic rings. The first-order valence-corrected chi connectivity index (χ1v) is 10.7. The standard InChI is InChI=1S/C25H23NO3/c27-14-25-18-12-6-4-10-16(18)20(17-11-5-7-13-19(17)25)21-22(25)24(29)26(23(21)28)15-8-2-1-3-9-15/h4-7,10-15,20-22H,1-3,8-9H2/t20?,21-,22+,25?/m1/s1. The lowest BCUT2D eigenvalue weighted by atomic mass is 9.48. The van der Waals surface area contributed by atoms with Gasteiger partial charge in [-0.05, 0) is 35.1 Å². The normalized spacial score (nSPS) is 32.7. The summed E-state index contributed by atoms with van der Waals surface area (Å²) in [5, 5.41) is 0. The van der Waals surface area contributed by atoms with Gasteiger partial charge in [-0.2, -0.15) is 0 Å². The van der Waals surface area contributed by atoms with E-state index in [1.165, 1.54) is 0 Å². The number of hydrogen-bond acceptors (Lipinski definition) is 3. The van der Waals surface area contributed by atoms with Gasteiger partial charge in [-0.25, -0.2) is 0 Å². The van der Waals surface area contributed by atoms with Crippen molar-refractivity contribution < 1.29 is 14.4 Å². The lowest BCUT2D eigenvalue weighted by Gasteiger charge is -2.51. The fourth-order valence-electron chi connectivity index (χ4n) is 6.75. The molecule has 4 nitrogen and oxygen atoms in total. The molecular weight excluding hydrogens is 362 g/mol. The minimum Gasteiger partial charge on any atom is -0.302 e. The van der Waals surface area contributed by atoms with Crippen molar-refractivity contribution in [2.75, 3.05) is 0 Å². The average molecular weight is 385 g/mol. The van der Waals surface area contributed by atoms with Crippen LogP contribution in [0.1, 0.15) is 60.3 Å². The monoisotopic (exact) mass is 385 g/mol. The predicted molar refractivity (Wildman–Crippen MR) is 107 cm³/mol. The number of nitrogens with zero attached hydrogens (tertiary/aromatic N) is 1. The summed E-state index contributed by atoms with van der Waals surface area (Å²) in [5.41, 5.74) is 2.82. The third-order valence-corrected chi connectivity index (χ3v) is 7.84. The Balaban J connectivity index is 1.61. The number of amides is 2. The van der Waals surface area contributed by atoms with Crippen molar-refractivity contribution in [1.29, 1.82) is 0 Å². The van der Waals surface area contributed by atoms with Crippen LogP contribution in [0.2, 0.25) is 0 Å². The van der Waals surface area contributed by atoms with Crippen LogP contribution in [0.5, 0.6) is 0 Å². The Bertz CT molecular complexity index is 1000. The first-order valence-electron chi connectivity index (χ1n) is 10.7. The van der Waals surface area contributed by atoms with Crippen molar-refractivity contribution in [1.82, 2.24) is 4.90 Å². The van der Waals surface area contributed by atoms with Crippen LogP contribution < -0.4 is 0 Å². The largest absolute Gasteiger partial charge is 0.302 e. The third kappa shape index (κ3) is 1.92. The molecule has 2 bridgehead atoms. The summed E-state index contributed by atoms with van der Waals surface area (Å²) >= 11 is 0. The molecule has 1 saturated heterocycles. The molecule has 2 aromatic carbocycles. The molecule has 1 saturated carbocycles. The summed E-state index contributed by atoms with van der Waals surface area (Å²) in [5.74, 6) is -1.44. The zero-order chi connectivity index (χ0) is 19.8. The van der Waals surface area contributed by atoms with Gasteiger partial charge in [-0.3, -0.25) is 14.5 Å². The number of carbonyl (C=O) groups excluding carboxylic acids is 3. The van der Waals surface area contributed by atoms with E-state index in [1.807, 2.05) is 48.5 Å². The Morgan fingerprint density at radius 1 is 0.828 bits per heavy atom. The molecule has 29 heavy (non-hydrogen) atoms. The van der Waals surface area contributed by atoms with E-state index in [-0.39, 0.29) is 23.8 Å². The van der Waals surface area contributed by atoms with E-state index < -0.39 is 17.3 Å². The van der Waals surface area contributed by atoms with Crippen molar-refractivity contribution in [2.45, 2.75) is 49.5 Å². The van der Waals surface area contributed by atoms with Crippen molar-refractivity contribution in [3.63, 3.8) is 0 Å². The van der Waals surface area contributed by atoms with Gasteiger partial charge in [0.2, 0.25) is 11.8 Å². The molecule has 2 amide bonds. The highest BCUT2D eigenvalue weighted by Crippen LogP contribution is 2.63. The van der Waals surface area contributed by atoms with E-state index in [2.05, 4.69) is 0 Å². The molecular formula is C25H23NO3. The summed E-state index contributed by atoms with van der Waals surface area (Å²) < 4.78 is 0. The van der Waals surface area contributed by atoms with Crippen LogP contribution in [0.4, 0.5) is 0 Å². The topological polar surface area (TPSA) is 54.5 Å². The van der Waals surface area contributed by atoms with Crippen molar-refractivity contribution in [3.05, 3.63) is 70.8 Å². The van der Waals surface area contributed by atoms with E-state index in [0.29, 0.717) is 0 Å². The summed E-state index contributed by atoms with van der Waals surface area (Å²) in [6.45, 7) is 0. The molecule has 1 heterocycles. The molecule has 1 aliphatic heterocycles. The van der Waals surface area contributed by atoms with Gasteiger partial charge in [0, 0.05) is 12.0 Å².